The highest BCUT2D eigenvalue weighted by Crippen LogP contribution is 2.28. The SMILES string of the molecule is O=C(CC1CCCC1)NCC1CCCC(Cl)C1. The van der Waals surface area contributed by atoms with E-state index in [0.717, 1.165) is 25.8 Å². The molecule has 0 aromatic rings. The molecule has 1 amide bonds. The molecule has 0 aliphatic heterocycles. The van der Waals surface area contributed by atoms with Crippen molar-refractivity contribution in [3.63, 3.8) is 0 Å². The van der Waals surface area contributed by atoms with Crippen LogP contribution >= 0.6 is 11.6 Å². The second-order valence-electron chi connectivity index (χ2n) is 5.79. The molecule has 2 unspecified atom stereocenters. The summed E-state index contributed by atoms with van der Waals surface area (Å²) in [6.07, 6.45) is 10.5. The molecule has 0 aromatic heterocycles. The maximum Gasteiger partial charge on any atom is 0.220 e. The zero-order valence-electron chi connectivity index (χ0n) is 10.6. The molecule has 3 heteroatoms. The number of hydrogen-bond donors (Lipinski definition) is 1. The van der Waals surface area contributed by atoms with Crippen molar-refractivity contribution in [1.82, 2.24) is 5.32 Å². The quantitative estimate of drug-likeness (QED) is 0.768. The number of halogens is 1. The van der Waals surface area contributed by atoms with Gasteiger partial charge >= 0.3 is 0 Å². The molecular formula is C14H24ClNO. The molecule has 0 radical (unpaired) electrons. The van der Waals surface area contributed by atoms with Crippen molar-refractivity contribution < 1.29 is 4.79 Å². The molecule has 2 nitrogen and oxygen atoms in total. The van der Waals surface area contributed by atoms with Crippen molar-refractivity contribution in [1.29, 1.82) is 0 Å². The molecule has 98 valence electrons. The van der Waals surface area contributed by atoms with Crippen LogP contribution in [0.25, 0.3) is 0 Å². The van der Waals surface area contributed by atoms with E-state index in [1.807, 2.05) is 0 Å². The molecule has 2 aliphatic rings. The van der Waals surface area contributed by atoms with Crippen molar-refractivity contribution in [3.8, 4) is 0 Å². The Hall–Kier alpha value is -0.240. The smallest absolute Gasteiger partial charge is 0.220 e. The Kier molecular flexibility index (Phi) is 5.15. The Morgan fingerprint density at radius 1 is 1.06 bits per heavy atom. The van der Waals surface area contributed by atoms with Gasteiger partial charge in [0.05, 0.1) is 0 Å². The van der Waals surface area contributed by atoms with Crippen molar-refractivity contribution >= 4 is 17.5 Å². The lowest BCUT2D eigenvalue weighted by Gasteiger charge is -2.25. The third-order valence-corrected chi connectivity index (χ3v) is 4.65. The summed E-state index contributed by atoms with van der Waals surface area (Å²) in [4.78, 5) is 11.8. The van der Waals surface area contributed by atoms with Gasteiger partial charge in [-0.1, -0.05) is 19.3 Å². The number of rotatable bonds is 4. The number of hydrogen-bond acceptors (Lipinski definition) is 1. The van der Waals surface area contributed by atoms with Gasteiger partial charge in [-0.15, -0.1) is 11.6 Å². The molecule has 0 saturated heterocycles. The largest absolute Gasteiger partial charge is 0.356 e. The van der Waals surface area contributed by atoms with Crippen molar-refractivity contribution in [2.24, 2.45) is 11.8 Å². The zero-order chi connectivity index (χ0) is 12.1. The van der Waals surface area contributed by atoms with Crippen molar-refractivity contribution in [2.45, 2.75) is 63.2 Å². The maximum absolute atomic E-state index is 11.8. The summed E-state index contributed by atoms with van der Waals surface area (Å²) < 4.78 is 0. The van der Waals surface area contributed by atoms with Crippen LogP contribution in [0.1, 0.15) is 57.8 Å². The summed E-state index contributed by atoms with van der Waals surface area (Å²) in [5.74, 6) is 1.52. The van der Waals surface area contributed by atoms with E-state index in [9.17, 15) is 4.79 Å². The first-order valence-electron chi connectivity index (χ1n) is 7.15. The van der Waals surface area contributed by atoms with Gasteiger partial charge in [-0.3, -0.25) is 4.79 Å². The van der Waals surface area contributed by atoms with Crippen LogP contribution in [-0.4, -0.2) is 17.8 Å². The fraction of sp³-hybridized carbons (Fsp3) is 0.929. The molecule has 0 spiro atoms. The van der Waals surface area contributed by atoms with Gasteiger partial charge in [-0.05, 0) is 43.9 Å². The van der Waals surface area contributed by atoms with Gasteiger partial charge in [0.2, 0.25) is 5.91 Å². The number of alkyl halides is 1. The first-order valence-corrected chi connectivity index (χ1v) is 7.58. The van der Waals surface area contributed by atoms with Gasteiger partial charge in [0.1, 0.15) is 0 Å². The minimum absolute atomic E-state index is 0.258. The van der Waals surface area contributed by atoms with E-state index in [4.69, 9.17) is 11.6 Å². The van der Waals surface area contributed by atoms with Gasteiger partial charge in [-0.25, -0.2) is 0 Å². The minimum atomic E-state index is 0.258. The molecule has 2 rings (SSSR count). The molecule has 0 aromatic carbocycles. The summed E-state index contributed by atoms with van der Waals surface area (Å²) in [7, 11) is 0. The van der Waals surface area contributed by atoms with Crippen LogP contribution < -0.4 is 5.32 Å². The van der Waals surface area contributed by atoms with E-state index in [1.54, 1.807) is 0 Å². The van der Waals surface area contributed by atoms with Crippen LogP contribution in [0.2, 0.25) is 0 Å². The molecule has 17 heavy (non-hydrogen) atoms. The normalized spacial score (nSPS) is 30.4. The van der Waals surface area contributed by atoms with Crippen LogP contribution in [0.3, 0.4) is 0 Å². The van der Waals surface area contributed by atoms with Gasteiger partial charge in [0.15, 0.2) is 0 Å². The number of carbonyl (C=O) groups is 1. The Labute approximate surface area is 109 Å². The van der Waals surface area contributed by atoms with E-state index >= 15 is 0 Å². The van der Waals surface area contributed by atoms with Gasteiger partial charge in [-0.2, -0.15) is 0 Å². The van der Waals surface area contributed by atoms with Gasteiger partial charge in [0.25, 0.3) is 0 Å². The number of amides is 1. The van der Waals surface area contributed by atoms with E-state index in [-0.39, 0.29) is 5.91 Å². The second-order valence-corrected chi connectivity index (χ2v) is 6.41. The van der Waals surface area contributed by atoms with Crippen LogP contribution in [0, 0.1) is 11.8 Å². The van der Waals surface area contributed by atoms with Crippen molar-refractivity contribution in [3.05, 3.63) is 0 Å². The fourth-order valence-corrected chi connectivity index (χ4v) is 3.62. The molecule has 2 saturated carbocycles. The van der Waals surface area contributed by atoms with E-state index in [1.165, 1.54) is 38.5 Å². The first-order chi connectivity index (χ1) is 8.24. The lowest BCUT2D eigenvalue weighted by Crippen LogP contribution is -2.32. The average Bonchev–Trinajstić information content (AvgIpc) is 2.79. The summed E-state index contributed by atoms with van der Waals surface area (Å²) >= 11 is 6.15. The molecule has 0 bridgehead atoms. The van der Waals surface area contributed by atoms with E-state index in [2.05, 4.69) is 5.32 Å². The van der Waals surface area contributed by atoms with E-state index < -0.39 is 0 Å². The summed E-state index contributed by atoms with van der Waals surface area (Å²) in [6, 6.07) is 0. The minimum Gasteiger partial charge on any atom is -0.356 e. The summed E-state index contributed by atoms with van der Waals surface area (Å²) in [5.41, 5.74) is 0. The second kappa shape index (κ2) is 6.63. The van der Waals surface area contributed by atoms with Crippen LogP contribution in [0.15, 0.2) is 0 Å². The highest BCUT2D eigenvalue weighted by atomic mass is 35.5. The monoisotopic (exact) mass is 257 g/mol. The third-order valence-electron chi connectivity index (χ3n) is 4.26. The van der Waals surface area contributed by atoms with Crippen LogP contribution in [-0.2, 0) is 4.79 Å². The first kappa shape index (κ1) is 13.2. The highest BCUT2D eigenvalue weighted by molar-refractivity contribution is 6.20. The highest BCUT2D eigenvalue weighted by Gasteiger charge is 2.22. The summed E-state index contributed by atoms with van der Waals surface area (Å²) in [6.45, 7) is 0.842. The average molecular weight is 258 g/mol. The third kappa shape index (κ3) is 4.50. The van der Waals surface area contributed by atoms with Crippen LogP contribution in [0.5, 0.6) is 0 Å². The zero-order valence-corrected chi connectivity index (χ0v) is 11.3. The molecule has 2 aliphatic carbocycles. The molecular weight excluding hydrogens is 234 g/mol. The Morgan fingerprint density at radius 2 is 1.76 bits per heavy atom. The molecule has 1 N–H and O–H groups in total. The number of carbonyl (C=O) groups excluding carboxylic acids is 1. The Morgan fingerprint density at radius 3 is 2.47 bits per heavy atom. The molecule has 2 atom stereocenters. The maximum atomic E-state index is 11.8. The Bertz CT molecular complexity index is 251. The molecule has 0 heterocycles. The Balaban J connectivity index is 1.61. The lowest BCUT2D eigenvalue weighted by atomic mass is 9.89. The van der Waals surface area contributed by atoms with Crippen LogP contribution in [0.4, 0.5) is 0 Å². The van der Waals surface area contributed by atoms with Gasteiger partial charge < -0.3 is 5.32 Å². The predicted molar refractivity (Wildman–Crippen MR) is 71.2 cm³/mol. The number of nitrogens with one attached hydrogen (secondary N) is 1. The molecule has 2 fully saturated rings. The fourth-order valence-electron chi connectivity index (χ4n) is 3.22. The summed E-state index contributed by atoms with van der Waals surface area (Å²) in [5, 5.41) is 3.44. The lowest BCUT2D eigenvalue weighted by molar-refractivity contribution is -0.122. The van der Waals surface area contributed by atoms with Gasteiger partial charge in [0, 0.05) is 18.3 Å². The van der Waals surface area contributed by atoms with E-state index in [0.29, 0.717) is 17.2 Å². The topological polar surface area (TPSA) is 29.1 Å². The predicted octanol–water partition coefficient (Wildman–Crippen LogP) is 3.48. The standard InChI is InChI=1S/C14H24ClNO/c15-13-7-3-6-12(8-13)10-16-14(17)9-11-4-1-2-5-11/h11-13H,1-10H2,(H,16,17). The van der Waals surface area contributed by atoms with Crippen molar-refractivity contribution in [2.75, 3.05) is 6.54 Å².